The maximum Gasteiger partial charge on any atom is 0.251 e. The molecule has 1 aromatic heterocycles. The molecule has 0 aliphatic carbocycles. The fourth-order valence-corrected chi connectivity index (χ4v) is 3.11. The summed E-state index contributed by atoms with van der Waals surface area (Å²) in [5.74, 6) is -0.0299. The number of benzene rings is 1. The third-order valence-corrected chi connectivity index (χ3v) is 4.47. The van der Waals surface area contributed by atoms with Gasteiger partial charge in [0, 0.05) is 15.3 Å². The van der Waals surface area contributed by atoms with Crippen LogP contribution in [-0.4, -0.2) is 12.5 Å². The van der Waals surface area contributed by atoms with Gasteiger partial charge in [-0.2, -0.15) is 0 Å². The molecule has 0 aliphatic heterocycles. The molecule has 0 unspecified atom stereocenters. The first-order valence-electron chi connectivity index (χ1n) is 6.74. The Labute approximate surface area is 123 Å². The van der Waals surface area contributed by atoms with Crippen molar-refractivity contribution < 1.29 is 4.79 Å². The van der Waals surface area contributed by atoms with Crippen molar-refractivity contribution in [2.45, 2.75) is 26.8 Å². The van der Waals surface area contributed by atoms with E-state index in [9.17, 15) is 4.79 Å². The smallest absolute Gasteiger partial charge is 0.251 e. The SMILES string of the molecule is Cc1cc(CNC(=O)c2ccccc2CCN)sc1C. The molecule has 0 radical (unpaired) electrons. The van der Waals surface area contributed by atoms with Crippen molar-refractivity contribution in [2.75, 3.05) is 6.54 Å². The number of hydrogen-bond donors (Lipinski definition) is 2. The highest BCUT2D eigenvalue weighted by Crippen LogP contribution is 2.20. The Morgan fingerprint density at radius 1 is 1.30 bits per heavy atom. The standard InChI is InChI=1S/C16H20N2OS/c1-11-9-14(20-12(11)2)10-18-16(19)15-6-4-3-5-13(15)7-8-17/h3-6,9H,7-8,10,17H2,1-2H3,(H,18,19). The second-order valence-corrected chi connectivity index (χ2v) is 6.17. The van der Waals surface area contributed by atoms with E-state index in [0.29, 0.717) is 13.1 Å². The molecule has 1 heterocycles. The van der Waals surface area contributed by atoms with Gasteiger partial charge in [0.2, 0.25) is 0 Å². The van der Waals surface area contributed by atoms with Crippen LogP contribution in [0.25, 0.3) is 0 Å². The molecule has 1 aromatic carbocycles. The first kappa shape index (κ1) is 14.8. The summed E-state index contributed by atoms with van der Waals surface area (Å²) in [6.45, 7) is 5.32. The molecular weight excluding hydrogens is 268 g/mol. The predicted molar refractivity (Wildman–Crippen MR) is 84.2 cm³/mol. The number of nitrogens with one attached hydrogen (secondary N) is 1. The van der Waals surface area contributed by atoms with E-state index in [1.54, 1.807) is 11.3 Å². The van der Waals surface area contributed by atoms with Crippen molar-refractivity contribution in [3.63, 3.8) is 0 Å². The van der Waals surface area contributed by atoms with Crippen LogP contribution in [0.3, 0.4) is 0 Å². The molecule has 0 saturated carbocycles. The van der Waals surface area contributed by atoms with Crippen LogP contribution in [0, 0.1) is 13.8 Å². The largest absolute Gasteiger partial charge is 0.347 e. The summed E-state index contributed by atoms with van der Waals surface area (Å²) in [6.07, 6.45) is 0.723. The highest BCUT2D eigenvalue weighted by molar-refractivity contribution is 7.12. The molecule has 2 aromatic rings. The van der Waals surface area contributed by atoms with Gasteiger partial charge in [-0.3, -0.25) is 4.79 Å². The van der Waals surface area contributed by atoms with E-state index in [2.05, 4.69) is 25.2 Å². The highest BCUT2D eigenvalue weighted by Gasteiger charge is 2.10. The van der Waals surface area contributed by atoms with E-state index >= 15 is 0 Å². The van der Waals surface area contributed by atoms with Gasteiger partial charge in [0.15, 0.2) is 0 Å². The Morgan fingerprint density at radius 2 is 2.05 bits per heavy atom. The summed E-state index contributed by atoms with van der Waals surface area (Å²) in [7, 11) is 0. The Morgan fingerprint density at radius 3 is 2.70 bits per heavy atom. The monoisotopic (exact) mass is 288 g/mol. The minimum Gasteiger partial charge on any atom is -0.347 e. The van der Waals surface area contributed by atoms with E-state index in [0.717, 1.165) is 17.5 Å². The van der Waals surface area contributed by atoms with Crippen LogP contribution in [0.2, 0.25) is 0 Å². The van der Waals surface area contributed by atoms with Gasteiger partial charge in [0.25, 0.3) is 5.91 Å². The molecule has 3 N–H and O–H groups in total. The normalized spacial score (nSPS) is 10.6. The molecule has 3 nitrogen and oxygen atoms in total. The fourth-order valence-electron chi connectivity index (χ4n) is 2.11. The van der Waals surface area contributed by atoms with Crippen LogP contribution in [0.4, 0.5) is 0 Å². The third kappa shape index (κ3) is 3.46. The van der Waals surface area contributed by atoms with Crippen LogP contribution in [0.5, 0.6) is 0 Å². The summed E-state index contributed by atoms with van der Waals surface area (Å²) in [4.78, 5) is 14.7. The Kier molecular flexibility index (Phi) is 4.93. The zero-order valence-corrected chi connectivity index (χ0v) is 12.7. The first-order chi connectivity index (χ1) is 9.61. The average Bonchev–Trinajstić information content (AvgIpc) is 2.76. The van der Waals surface area contributed by atoms with Crippen LogP contribution in [-0.2, 0) is 13.0 Å². The van der Waals surface area contributed by atoms with Gasteiger partial charge < -0.3 is 11.1 Å². The number of hydrogen-bond acceptors (Lipinski definition) is 3. The minimum atomic E-state index is -0.0299. The molecule has 0 atom stereocenters. The summed E-state index contributed by atoms with van der Waals surface area (Å²) in [5, 5.41) is 2.99. The van der Waals surface area contributed by atoms with Crippen molar-refractivity contribution in [3.8, 4) is 0 Å². The Hall–Kier alpha value is -1.65. The van der Waals surface area contributed by atoms with Gasteiger partial charge in [0.1, 0.15) is 0 Å². The van der Waals surface area contributed by atoms with Crippen molar-refractivity contribution >= 4 is 17.2 Å². The van der Waals surface area contributed by atoms with Gasteiger partial charge in [-0.05, 0) is 50.1 Å². The first-order valence-corrected chi connectivity index (χ1v) is 7.55. The molecule has 0 aliphatic rings. The molecule has 0 spiro atoms. The Balaban J connectivity index is 2.05. The second-order valence-electron chi connectivity index (χ2n) is 4.83. The van der Waals surface area contributed by atoms with Crippen molar-refractivity contribution in [2.24, 2.45) is 5.73 Å². The number of aryl methyl sites for hydroxylation is 2. The zero-order valence-electron chi connectivity index (χ0n) is 11.9. The summed E-state index contributed by atoms with van der Waals surface area (Å²) >= 11 is 1.73. The van der Waals surface area contributed by atoms with Gasteiger partial charge in [-0.25, -0.2) is 0 Å². The van der Waals surface area contributed by atoms with Gasteiger partial charge in [-0.15, -0.1) is 11.3 Å². The van der Waals surface area contributed by atoms with Gasteiger partial charge >= 0.3 is 0 Å². The second kappa shape index (κ2) is 6.68. The van der Waals surface area contributed by atoms with Crippen LogP contribution in [0.15, 0.2) is 30.3 Å². The molecular formula is C16H20N2OS. The molecule has 4 heteroatoms. The number of rotatable bonds is 5. The lowest BCUT2D eigenvalue weighted by atomic mass is 10.0. The highest BCUT2D eigenvalue weighted by atomic mass is 32.1. The van der Waals surface area contributed by atoms with E-state index < -0.39 is 0 Å². The predicted octanol–water partition coefficient (Wildman–Crippen LogP) is 2.80. The lowest BCUT2D eigenvalue weighted by Gasteiger charge is -2.08. The topological polar surface area (TPSA) is 55.1 Å². The van der Waals surface area contributed by atoms with Crippen molar-refractivity contribution in [1.82, 2.24) is 5.32 Å². The third-order valence-electron chi connectivity index (χ3n) is 3.32. The molecule has 20 heavy (non-hydrogen) atoms. The van der Waals surface area contributed by atoms with E-state index in [-0.39, 0.29) is 5.91 Å². The van der Waals surface area contributed by atoms with Crippen molar-refractivity contribution in [1.29, 1.82) is 0 Å². The molecule has 106 valence electrons. The lowest BCUT2D eigenvalue weighted by Crippen LogP contribution is -2.24. The van der Waals surface area contributed by atoms with Gasteiger partial charge in [-0.1, -0.05) is 18.2 Å². The molecule has 0 fully saturated rings. The van der Waals surface area contributed by atoms with Crippen molar-refractivity contribution in [3.05, 3.63) is 56.8 Å². The number of carbonyl (C=O) groups is 1. The maximum atomic E-state index is 12.3. The summed E-state index contributed by atoms with van der Waals surface area (Å²) in [6, 6.07) is 9.76. The van der Waals surface area contributed by atoms with Crippen LogP contribution < -0.4 is 11.1 Å². The minimum absolute atomic E-state index is 0.0299. The fraction of sp³-hybridized carbons (Fsp3) is 0.312. The summed E-state index contributed by atoms with van der Waals surface area (Å²) in [5.41, 5.74) is 8.59. The zero-order chi connectivity index (χ0) is 14.5. The van der Waals surface area contributed by atoms with E-state index in [1.165, 1.54) is 15.3 Å². The quantitative estimate of drug-likeness (QED) is 0.889. The number of thiophene rings is 1. The number of nitrogens with two attached hydrogens (primary N) is 1. The molecule has 0 bridgehead atoms. The molecule has 0 saturated heterocycles. The average molecular weight is 288 g/mol. The van der Waals surface area contributed by atoms with Gasteiger partial charge in [0.05, 0.1) is 6.54 Å². The van der Waals surface area contributed by atoms with E-state index in [1.807, 2.05) is 24.3 Å². The maximum absolute atomic E-state index is 12.3. The lowest BCUT2D eigenvalue weighted by molar-refractivity contribution is 0.0950. The number of amides is 1. The summed E-state index contributed by atoms with van der Waals surface area (Å²) < 4.78 is 0. The number of carbonyl (C=O) groups excluding carboxylic acids is 1. The van der Waals surface area contributed by atoms with Crippen LogP contribution >= 0.6 is 11.3 Å². The molecule has 1 amide bonds. The Bertz CT molecular complexity index is 585. The van der Waals surface area contributed by atoms with E-state index in [4.69, 9.17) is 5.73 Å². The van der Waals surface area contributed by atoms with Crippen LogP contribution in [0.1, 0.15) is 31.2 Å². The molecule has 2 rings (SSSR count).